The summed E-state index contributed by atoms with van der Waals surface area (Å²) >= 11 is 0. The fourth-order valence-electron chi connectivity index (χ4n) is 2.40. The molecule has 2 amide bonds. The molecule has 0 aromatic heterocycles. The molecule has 1 aliphatic rings. The summed E-state index contributed by atoms with van der Waals surface area (Å²) in [6.07, 6.45) is 0. The van der Waals surface area contributed by atoms with E-state index < -0.39 is 0 Å². The van der Waals surface area contributed by atoms with Gasteiger partial charge in [-0.1, -0.05) is 0 Å². The van der Waals surface area contributed by atoms with Gasteiger partial charge in [-0.3, -0.25) is 9.59 Å². The Bertz CT molecular complexity index is 646. The fraction of sp³-hybridized carbons (Fsp3) is 0.125. The number of nitrogen functional groups attached to an aromatic ring is 2. The molecule has 4 N–H and O–H groups in total. The van der Waals surface area contributed by atoms with E-state index >= 15 is 0 Å². The molecule has 2 aromatic carbocycles. The van der Waals surface area contributed by atoms with Gasteiger partial charge >= 0.3 is 0 Å². The first-order valence-corrected chi connectivity index (χ1v) is 6.86. The standard InChI is InChI=1S/C16H16N4O2/c17-11-1-5-13(6-2-11)19-9-16(22)20(10-15(19)21)14-7-3-12(18)4-8-14/h1-8H,9-10,17-18H2. The molecule has 0 aliphatic carbocycles. The first kappa shape index (κ1) is 13.9. The van der Waals surface area contributed by atoms with Crippen LogP contribution in [0.4, 0.5) is 22.7 Å². The van der Waals surface area contributed by atoms with E-state index in [2.05, 4.69) is 0 Å². The van der Waals surface area contributed by atoms with Gasteiger partial charge in [0.05, 0.1) is 0 Å². The first-order valence-electron chi connectivity index (χ1n) is 6.86. The van der Waals surface area contributed by atoms with Crippen LogP contribution in [-0.2, 0) is 9.59 Å². The second kappa shape index (κ2) is 5.40. The third kappa shape index (κ3) is 2.58. The van der Waals surface area contributed by atoms with Crippen molar-refractivity contribution in [1.29, 1.82) is 0 Å². The van der Waals surface area contributed by atoms with Crippen LogP contribution < -0.4 is 21.3 Å². The van der Waals surface area contributed by atoms with Crippen molar-refractivity contribution < 1.29 is 9.59 Å². The fourth-order valence-corrected chi connectivity index (χ4v) is 2.40. The molecule has 0 atom stereocenters. The lowest BCUT2D eigenvalue weighted by molar-refractivity contribution is -0.125. The molecule has 0 unspecified atom stereocenters. The van der Waals surface area contributed by atoms with Gasteiger partial charge in [0.1, 0.15) is 13.1 Å². The Morgan fingerprint density at radius 2 is 0.955 bits per heavy atom. The molecule has 0 spiro atoms. The Balaban J connectivity index is 1.82. The van der Waals surface area contributed by atoms with Crippen molar-refractivity contribution in [1.82, 2.24) is 0 Å². The van der Waals surface area contributed by atoms with Gasteiger partial charge in [0, 0.05) is 22.7 Å². The van der Waals surface area contributed by atoms with Crippen molar-refractivity contribution in [3.63, 3.8) is 0 Å². The highest BCUT2D eigenvalue weighted by molar-refractivity contribution is 6.12. The molecule has 6 heteroatoms. The SMILES string of the molecule is Nc1ccc(N2CC(=O)N(c3ccc(N)cc3)CC2=O)cc1. The van der Waals surface area contributed by atoms with Gasteiger partial charge in [0.2, 0.25) is 11.8 Å². The number of carbonyl (C=O) groups excluding carboxylic acids is 2. The highest BCUT2D eigenvalue weighted by Crippen LogP contribution is 2.23. The van der Waals surface area contributed by atoms with Gasteiger partial charge in [0.15, 0.2) is 0 Å². The van der Waals surface area contributed by atoms with Crippen LogP contribution in [0.25, 0.3) is 0 Å². The van der Waals surface area contributed by atoms with Crippen LogP contribution in [0.1, 0.15) is 0 Å². The maximum Gasteiger partial charge on any atom is 0.247 e. The number of hydrogen-bond acceptors (Lipinski definition) is 4. The maximum atomic E-state index is 12.4. The van der Waals surface area contributed by atoms with Gasteiger partial charge in [-0.15, -0.1) is 0 Å². The molecule has 112 valence electrons. The summed E-state index contributed by atoms with van der Waals surface area (Å²) in [6, 6.07) is 13.8. The zero-order valence-corrected chi connectivity index (χ0v) is 11.9. The summed E-state index contributed by atoms with van der Waals surface area (Å²) in [5, 5.41) is 0. The molecule has 1 heterocycles. The van der Waals surface area contributed by atoms with Crippen molar-refractivity contribution in [2.75, 3.05) is 34.4 Å². The number of hydrogen-bond donors (Lipinski definition) is 2. The van der Waals surface area contributed by atoms with E-state index in [0.29, 0.717) is 22.7 Å². The topological polar surface area (TPSA) is 92.7 Å². The van der Waals surface area contributed by atoms with E-state index in [1.54, 1.807) is 48.5 Å². The molecule has 0 saturated carbocycles. The lowest BCUT2D eigenvalue weighted by atomic mass is 10.2. The van der Waals surface area contributed by atoms with E-state index in [0.717, 1.165) is 0 Å². The molecule has 3 rings (SSSR count). The van der Waals surface area contributed by atoms with Crippen LogP contribution in [0.3, 0.4) is 0 Å². The van der Waals surface area contributed by atoms with E-state index in [-0.39, 0.29) is 24.9 Å². The summed E-state index contributed by atoms with van der Waals surface area (Å²) in [4.78, 5) is 27.6. The van der Waals surface area contributed by atoms with Crippen molar-refractivity contribution in [3.05, 3.63) is 48.5 Å². The van der Waals surface area contributed by atoms with Crippen LogP contribution in [-0.4, -0.2) is 24.9 Å². The predicted molar refractivity (Wildman–Crippen MR) is 86.4 cm³/mol. The molecule has 0 radical (unpaired) electrons. The van der Waals surface area contributed by atoms with Crippen LogP contribution in [0.2, 0.25) is 0 Å². The molecule has 2 aromatic rings. The number of nitrogens with zero attached hydrogens (tertiary/aromatic N) is 2. The monoisotopic (exact) mass is 296 g/mol. The second-order valence-corrected chi connectivity index (χ2v) is 5.14. The van der Waals surface area contributed by atoms with Crippen molar-refractivity contribution in [2.45, 2.75) is 0 Å². The smallest absolute Gasteiger partial charge is 0.247 e. The third-order valence-electron chi connectivity index (χ3n) is 3.60. The van der Waals surface area contributed by atoms with Crippen molar-refractivity contribution >= 4 is 34.6 Å². The summed E-state index contributed by atoms with van der Waals surface area (Å²) < 4.78 is 0. The normalized spacial score (nSPS) is 15.3. The number of rotatable bonds is 2. The number of piperazine rings is 1. The van der Waals surface area contributed by atoms with Crippen LogP contribution in [0, 0.1) is 0 Å². The molecule has 1 fully saturated rings. The lowest BCUT2D eigenvalue weighted by Crippen LogP contribution is -2.54. The number of amides is 2. The third-order valence-corrected chi connectivity index (χ3v) is 3.60. The molecule has 22 heavy (non-hydrogen) atoms. The van der Waals surface area contributed by atoms with Crippen molar-refractivity contribution in [3.8, 4) is 0 Å². The van der Waals surface area contributed by atoms with E-state index in [1.165, 1.54) is 9.80 Å². The van der Waals surface area contributed by atoms with Crippen LogP contribution >= 0.6 is 0 Å². The van der Waals surface area contributed by atoms with Gasteiger partial charge in [-0.05, 0) is 48.5 Å². The van der Waals surface area contributed by atoms with Gasteiger partial charge < -0.3 is 21.3 Å². The second-order valence-electron chi connectivity index (χ2n) is 5.14. The number of benzene rings is 2. The predicted octanol–water partition coefficient (Wildman–Crippen LogP) is 1.23. The van der Waals surface area contributed by atoms with E-state index in [1.807, 2.05) is 0 Å². The Morgan fingerprint density at radius 1 is 0.636 bits per heavy atom. The largest absolute Gasteiger partial charge is 0.399 e. The zero-order valence-electron chi connectivity index (χ0n) is 11.9. The number of carbonyl (C=O) groups is 2. The molecule has 1 saturated heterocycles. The minimum Gasteiger partial charge on any atom is -0.399 e. The highest BCUT2D eigenvalue weighted by Gasteiger charge is 2.31. The summed E-state index contributed by atoms with van der Waals surface area (Å²) in [6.45, 7) is 0.0141. The van der Waals surface area contributed by atoms with E-state index in [4.69, 9.17) is 11.5 Å². The van der Waals surface area contributed by atoms with Crippen molar-refractivity contribution in [2.24, 2.45) is 0 Å². The van der Waals surface area contributed by atoms with Gasteiger partial charge in [-0.2, -0.15) is 0 Å². The number of nitrogens with two attached hydrogens (primary N) is 2. The van der Waals surface area contributed by atoms with Crippen LogP contribution in [0.15, 0.2) is 48.5 Å². The van der Waals surface area contributed by atoms with E-state index in [9.17, 15) is 9.59 Å². The molecular weight excluding hydrogens is 280 g/mol. The Morgan fingerprint density at radius 3 is 1.27 bits per heavy atom. The molecule has 0 bridgehead atoms. The number of anilines is 4. The zero-order chi connectivity index (χ0) is 15.7. The Kier molecular flexibility index (Phi) is 3.42. The molecular formula is C16H16N4O2. The average Bonchev–Trinajstić information content (AvgIpc) is 2.51. The maximum absolute atomic E-state index is 12.4. The van der Waals surface area contributed by atoms with Gasteiger partial charge in [0.25, 0.3) is 0 Å². The summed E-state index contributed by atoms with van der Waals surface area (Å²) in [5.41, 5.74) is 13.8. The van der Waals surface area contributed by atoms with Gasteiger partial charge in [-0.25, -0.2) is 0 Å². The molecule has 1 aliphatic heterocycles. The quantitative estimate of drug-likeness (QED) is 0.815. The Labute approximate surface area is 127 Å². The summed E-state index contributed by atoms with van der Waals surface area (Å²) in [5.74, 6) is -0.276. The average molecular weight is 296 g/mol. The first-order chi connectivity index (χ1) is 10.5. The summed E-state index contributed by atoms with van der Waals surface area (Å²) in [7, 11) is 0. The molecule has 6 nitrogen and oxygen atoms in total. The lowest BCUT2D eigenvalue weighted by Gasteiger charge is -2.34. The van der Waals surface area contributed by atoms with Crippen LogP contribution in [0.5, 0.6) is 0 Å². The Hall–Kier alpha value is -3.02. The minimum atomic E-state index is -0.138. The highest BCUT2D eigenvalue weighted by atomic mass is 16.2. The minimum absolute atomic E-state index is 0.00707.